The van der Waals surface area contributed by atoms with Gasteiger partial charge in [-0.3, -0.25) is 9.36 Å². The van der Waals surface area contributed by atoms with Gasteiger partial charge in [0, 0.05) is 29.8 Å². The molecule has 3 heterocycles. The van der Waals surface area contributed by atoms with Crippen LogP contribution >= 0.6 is 11.3 Å². The fourth-order valence-electron chi connectivity index (χ4n) is 2.59. The molecule has 0 spiro atoms. The summed E-state index contributed by atoms with van der Waals surface area (Å²) in [5.41, 5.74) is 5.46. The van der Waals surface area contributed by atoms with Crippen LogP contribution in [0.1, 0.15) is 36.3 Å². The predicted molar refractivity (Wildman–Crippen MR) is 87.4 cm³/mol. The number of hydrogen-bond acceptors (Lipinski definition) is 5. The van der Waals surface area contributed by atoms with E-state index in [1.54, 1.807) is 0 Å². The molecule has 0 aromatic carbocycles. The molecule has 3 rings (SSSR count). The number of thiazole rings is 1. The number of aryl methyl sites for hydroxylation is 2. The summed E-state index contributed by atoms with van der Waals surface area (Å²) in [4.78, 5) is 21.8. The molecule has 124 valence electrons. The van der Waals surface area contributed by atoms with Crippen molar-refractivity contribution in [3.05, 3.63) is 34.6 Å². The molecule has 6 nitrogen and oxygen atoms in total. The minimum absolute atomic E-state index is 0.197. The highest BCUT2D eigenvalue weighted by Gasteiger charge is 2.16. The average Bonchev–Trinajstić information content (AvgIpc) is 3.13. The first-order valence-corrected chi connectivity index (χ1v) is 8.67. The highest BCUT2D eigenvalue weighted by atomic mass is 32.1. The molecule has 0 radical (unpaired) electrons. The summed E-state index contributed by atoms with van der Waals surface area (Å²) in [6.07, 6.45) is 2.79. The minimum atomic E-state index is -0.330. The molecule has 1 aliphatic rings. The van der Waals surface area contributed by atoms with Crippen molar-refractivity contribution in [2.24, 2.45) is 0 Å². The highest BCUT2D eigenvalue weighted by molar-refractivity contribution is 7.12. The fourth-order valence-corrected chi connectivity index (χ4v) is 3.53. The van der Waals surface area contributed by atoms with Gasteiger partial charge < -0.3 is 4.74 Å². The Labute approximate surface area is 139 Å². The third kappa shape index (κ3) is 3.99. The van der Waals surface area contributed by atoms with Crippen LogP contribution in [0.2, 0.25) is 0 Å². The lowest BCUT2D eigenvalue weighted by molar-refractivity contribution is -0.200. The Morgan fingerprint density at radius 2 is 2.22 bits per heavy atom. The number of aromatic nitrogens is 2. The number of carbonyl (C=O) groups is 1. The molecular formula is C16H21N3O3S. The lowest BCUT2D eigenvalue weighted by Gasteiger charge is -2.21. The van der Waals surface area contributed by atoms with Crippen LogP contribution in [-0.2, 0) is 20.8 Å². The molecule has 23 heavy (non-hydrogen) atoms. The molecule has 1 fully saturated rings. The van der Waals surface area contributed by atoms with Crippen molar-refractivity contribution >= 4 is 17.2 Å². The van der Waals surface area contributed by atoms with Crippen LogP contribution in [0.4, 0.5) is 0 Å². The Hall–Kier alpha value is -1.70. The van der Waals surface area contributed by atoms with Crippen LogP contribution in [0.5, 0.6) is 0 Å². The molecule has 2 aromatic rings. The zero-order valence-corrected chi connectivity index (χ0v) is 14.2. The molecule has 1 N–H and O–H groups in total. The largest absolute Gasteiger partial charge is 0.350 e. The summed E-state index contributed by atoms with van der Waals surface area (Å²) in [6, 6.07) is 4.11. The fraction of sp³-hybridized carbons (Fsp3) is 0.500. The van der Waals surface area contributed by atoms with E-state index in [-0.39, 0.29) is 18.6 Å². The van der Waals surface area contributed by atoms with E-state index in [2.05, 4.69) is 27.2 Å². The number of amides is 1. The molecule has 0 bridgehead atoms. The maximum atomic E-state index is 12.0. The van der Waals surface area contributed by atoms with E-state index in [1.807, 2.05) is 19.2 Å². The van der Waals surface area contributed by atoms with Crippen LogP contribution < -0.4 is 5.48 Å². The van der Waals surface area contributed by atoms with E-state index >= 15 is 0 Å². The highest BCUT2D eigenvalue weighted by Crippen LogP contribution is 2.20. The topological polar surface area (TPSA) is 65.4 Å². The first kappa shape index (κ1) is 16.2. The quantitative estimate of drug-likeness (QED) is 0.853. The molecule has 0 aliphatic carbocycles. The van der Waals surface area contributed by atoms with Crippen molar-refractivity contribution in [3.63, 3.8) is 0 Å². The number of ether oxygens (including phenoxy) is 1. The molecular weight excluding hydrogens is 314 g/mol. The second kappa shape index (κ2) is 7.25. The second-order valence-electron chi connectivity index (χ2n) is 5.69. The summed E-state index contributed by atoms with van der Waals surface area (Å²) in [6.45, 7) is 4.77. The number of nitrogens with one attached hydrogen (secondary N) is 1. The normalized spacial score (nSPS) is 18.1. The van der Waals surface area contributed by atoms with Crippen LogP contribution in [-0.4, -0.2) is 28.4 Å². The Morgan fingerprint density at radius 3 is 2.91 bits per heavy atom. The van der Waals surface area contributed by atoms with E-state index in [1.165, 1.54) is 11.3 Å². The zero-order valence-electron chi connectivity index (χ0n) is 13.4. The van der Waals surface area contributed by atoms with Gasteiger partial charge in [0.2, 0.25) is 5.91 Å². The van der Waals surface area contributed by atoms with Gasteiger partial charge in [-0.25, -0.2) is 15.3 Å². The van der Waals surface area contributed by atoms with E-state index in [0.717, 1.165) is 41.5 Å². The molecule has 1 aliphatic heterocycles. The smallest absolute Gasteiger partial charge is 0.249 e. The van der Waals surface area contributed by atoms with Crippen LogP contribution in [0.15, 0.2) is 17.5 Å². The number of hydroxylamine groups is 1. The Bertz CT molecular complexity index is 654. The molecule has 1 saturated heterocycles. The third-order valence-corrected chi connectivity index (χ3v) is 4.66. The van der Waals surface area contributed by atoms with E-state index in [0.29, 0.717) is 6.61 Å². The van der Waals surface area contributed by atoms with E-state index in [4.69, 9.17) is 9.57 Å². The Kier molecular flexibility index (Phi) is 5.09. The Balaban J connectivity index is 1.55. The molecule has 2 aromatic heterocycles. The van der Waals surface area contributed by atoms with Gasteiger partial charge in [-0.05, 0) is 38.8 Å². The van der Waals surface area contributed by atoms with Crippen LogP contribution in [0.3, 0.4) is 0 Å². The van der Waals surface area contributed by atoms with Gasteiger partial charge in [0.15, 0.2) is 11.4 Å². The Morgan fingerprint density at radius 1 is 1.43 bits per heavy atom. The monoisotopic (exact) mass is 335 g/mol. The first-order chi connectivity index (χ1) is 11.1. The molecule has 0 saturated carbocycles. The van der Waals surface area contributed by atoms with Crippen LogP contribution in [0.25, 0.3) is 5.13 Å². The SMILES string of the molecule is Cc1ccc(C)n1-c1nc(CC(=O)NO[C@H]2CCCCO2)cs1. The number of carbonyl (C=O) groups excluding carboxylic acids is 1. The van der Waals surface area contributed by atoms with Crippen molar-refractivity contribution in [1.82, 2.24) is 15.0 Å². The second-order valence-corrected chi connectivity index (χ2v) is 6.53. The minimum Gasteiger partial charge on any atom is -0.350 e. The van der Waals surface area contributed by atoms with Crippen molar-refractivity contribution in [3.8, 4) is 5.13 Å². The average molecular weight is 335 g/mol. The van der Waals surface area contributed by atoms with Crippen LogP contribution in [0, 0.1) is 13.8 Å². The molecule has 1 atom stereocenters. The number of rotatable bonds is 5. The summed E-state index contributed by atoms with van der Waals surface area (Å²) >= 11 is 1.53. The lowest BCUT2D eigenvalue weighted by Crippen LogP contribution is -2.33. The predicted octanol–water partition coefficient (Wildman–Crippen LogP) is 2.67. The van der Waals surface area contributed by atoms with Crippen molar-refractivity contribution < 1.29 is 14.4 Å². The van der Waals surface area contributed by atoms with Gasteiger partial charge in [-0.2, -0.15) is 0 Å². The van der Waals surface area contributed by atoms with E-state index in [9.17, 15) is 4.79 Å². The van der Waals surface area contributed by atoms with Gasteiger partial charge in [-0.1, -0.05) is 0 Å². The first-order valence-electron chi connectivity index (χ1n) is 7.79. The summed E-state index contributed by atoms with van der Waals surface area (Å²) in [5, 5.41) is 2.79. The molecule has 7 heteroatoms. The third-order valence-electron chi connectivity index (χ3n) is 3.79. The van der Waals surface area contributed by atoms with Gasteiger partial charge in [0.25, 0.3) is 0 Å². The van der Waals surface area contributed by atoms with Crippen molar-refractivity contribution in [1.29, 1.82) is 0 Å². The number of nitrogens with zero attached hydrogens (tertiary/aromatic N) is 2. The van der Waals surface area contributed by atoms with Crippen molar-refractivity contribution in [2.75, 3.05) is 6.61 Å². The summed E-state index contributed by atoms with van der Waals surface area (Å²) < 4.78 is 7.49. The number of hydrogen-bond donors (Lipinski definition) is 1. The zero-order chi connectivity index (χ0) is 16.2. The lowest BCUT2D eigenvalue weighted by atomic mass is 10.2. The molecule has 1 amide bonds. The van der Waals surface area contributed by atoms with Gasteiger partial charge in [0.05, 0.1) is 12.1 Å². The summed E-state index contributed by atoms with van der Waals surface area (Å²) in [5.74, 6) is -0.211. The standard InChI is InChI=1S/C16H21N3O3S/c1-11-6-7-12(2)19(11)16-17-13(10-23-16)9-14(20)18-22-15-5-3-4-8-21-15/h6-7,10,15H,3-5,8-9H2,1-2H3,(H,18,20)/t15-/m0/s1. The van der Waals surface area contributed by atoms with Crippen molar-refractivity contribution in [2.45, 2.75) is 45.8 Å². The molecule has 0 unspecified atom stereocenters. The van der Waals surface area contributed by atoms with Gasteiger partial charge in [-0.15, -0.1) is 11.3 Å². The maximum absolute atomic E-state index is 12.0. The van der Waals surface area contributed by atoms with Gasteiger partial charge >= 0.3 is 0 Å². The van der Waals surface area contributed by atoms with Gasteiger partial charge in [0.1, 0.15) is 0 Å². The van der Waals surface area contributed by atoms with E-state index < -0.39 is 0 Å². The maximum Gasteiger partial charge on any atom is 0.249 e. The summed E-state index contributed by atoms with van der Waals surface area (Å²) in [7, 11) is 0.